The van der Waals surface area contributed by atoms with Crippen molar-refractivity contribution in [2.45, 2.75) is 13.5 Å². The minimum absolute atomic E-state index is 0.813. The molecule has 0 spiro atoms. The second kappa shape index (κ2) is 5.73. The highest BCUT2D eigenvalue weighted by molar-refractivity contribution is 9.10. The summed E-state index contributed by atoms with van der Waals surface area (Å²) in [6.07, 6.45) is 0. The minimum atomic E-state index is 0.813. The Morgan fingerprint density at radius 1 is 1.20 bits per heavy atom. The van der Waals surface area contributed by atoms with Crippen molar-refractivity contribution in [2.75, 3.05) is 6.54 Å². The summed E-state index contributed by atoms with van der Waals surface area (Å²) in [6.45, 7) is 3.85. The van der Waals surface area contributed by atoms with Crippen LogP contribution in [0.3, 0.4) is 0 Å². The van der Waals surface area contributed by atoms with Crippen LogP contribution in [0, 0.1) is 0 Å². The quantitative estimate of drug-likeness (QED) is 0.798. The van der Waals surface area contributed by atoms with Gasteiger partial charge in [-0.2, -0.15) is 0 Å². The number of nitrogens with zero attached hydrogens (tertiary/aromatic N) is 3. The maximum Gasteiger partial charge on any atom is 0.113 e. The molecule has 0 radical (unpaired) electrons. The molecule has 1 aromatic heterocycles. The van der Waals surface area contributed by atoms with E-state index in [9.17, 15) is 0 Å². The van der Waals surface area contributed by atoms with Crippen LogP contribution in [-0.2, 0) is 6.54 Å². The molecule has 0 atom stereocenters. The van der Waals surface area contributed by atoms with Crippen molar-refractivity contribution in [1.82, 2.24) is 20.3 Å². The first kappa shape index (κ1) is 13.3. The fourth-order valence-corrected chi connectivity index (χ4v) is 2.54. The van der Waals surface area contributed by atoms with E-state index in [1.807, 2.05) is 28.9 Å². The summed E-state index contributed by atoms with van der Waals surface area (Å²) in [4.78, 5) is 0. The van der Waals surface area contributed by atoms with E-state index in [1.54, 1.807) is 0 Å². The van der Waals surface area contributed by atoms with E-state index in [4.69, 9.17) is 0 Å². The van der Waals surface area contributed by atoms with Gasteiger partial charge in [0.05, 0.1) is 11.2 Å². The number of halogens is 1. The van der Waals surface area contributed by atoms with Crippen molar-refractivity contribution >= 4 is 27.0 Å². The number of benzene rings is 2. The Kier molecular flexibility index (Phi) is 3.80. The molecule has 4 nitrogen and oxygen atoms in total. The van der Waals surface area contributed by atoms with Crippen molar-refractivity contribution in [3.05, 3.63) is 52.5 Å². The number of fused-ring (bicyclic) bond motifs is 1. The van der Waals surface area contributed by atoms with Crippen LogP contribution in [0.4, 0.5) is 0 Å². The molecule has 3 rings (SSSR count). The monoisotopic (exact) mass is 330 g/mol. The molecular formula is C15H15BrN4. The molecule has 5 heteroatoms. The maximum atomic E-state index is 4.29. The second-order valence-corrected chi connectivity index (χ2v) is 5.46. The molecular weight excluding hydrogens is 316 g/mol. The number of aromatic nitrogens is 3. The number of nitrogens with one attached hydrogen (secondary N) is 1. The van der Waals surface area contributed by atoms with Crippen LogP contribution in [0.15, 0.2) is 46.9 Å². The average Bonchev–Trinajstić information content (AvgIpc) is 2.90. The van der Waals surface area contributed by atoms with Crippen LogP contribution in [-0.4, -0.2) is 21.5 Å². The lowest BCUT2D eigenvalue weighted by Crippen LogP contribution is -2.14. The first-order chi connectivity index (χ1) is 9.79. The van der Waals surface area contributed by atoms with Gasteiger partial charge in [0.25, 0.3) is 0 Å². The molecule has 0 unspecified atom stereocenters. The fourth-order valence-electron chi connectivity index (χ4n) is 2.19. The summed E-state index contributed by atoms with van der Waals surface area (Å²) in [6, 6.07) is 14.2. The zero-order valence-corrected chi connectivity index (χ0v) is 12.8. The third-order valence-corrected chi connectivity index (χ3v) is 3.69. The van der Waals surface area contributed by atoms with Crippen LogP contribution >= 0.6 is 15.9 Å². The molecule has 0 saturated heterocycles. The Balaban J connectivity index is 2.14. The molecule has 1 heterocycles. The maximum absolute atomic E-state index is 4.29. The standard InChI is InChI=1S/C15H15BrN4/c1-2-17-10-11-7-8-12(16)9-15(11)20-14-6-4-3-5-13(14)18-19-20/h3-9,17H,2,10H2,1H3. The second-order valence-electron chi connectivity index (χ2n) is 4.54. The molecule has 0 fully saturated rings. The fraction of sp³-hybridized carbons (Fsp3) is 0.200. The van der Waals surface area contributed by atoms with Crippen molar-refractivity contribution in [2.24, 2.45) is 0 Å². The third kappa shape index (κ3) is 2.46. The van der Waals surface area contributed by atoms with Gasteiger partial charge in [0.2, 0.25) is 0 Å². The van der Waals surface area contributed by atoms with E-state index in [-0.39, 0.29) is 0 Å². The van der Waals surface area contributed by atoms with Gasteiger partial charge in [-0.15, -0.1) is 5.10 Å². The van der Waals surface area contributed by atoms with Crippen LogP contribution in [0.2, 0.25) is 0 Å². The zero-order valence-electron chi connectivity index (χ0n) is 11.2. The predicted octanol–water partition coefficient (Wildman–Crippen LogP) is 3.29. The highest BCUT2D eigenvalue weighted by atomic mass is 79.9. The van der Waals surface area contributed by atoms with Gasteiger partial charge in [0.1, 0.15) is 5.52 Å². The molecule has 20 heavy (non-hydrogen) atoms. The molecule has 3 aromatic rings. The molecule has 0 amide bonds. The Labute approximate surface area is 125 Å². The van der Waals surface area contributed by atoms with Crippen LogP contribution in [0.5, 0.6) is 0 Å². The molecule has 0 saturated carbocycles. The van der Waals surface area contributed by atoms with E-state index in [0.29, 0.717) is 0 Å². The van der Waals surface area contributed by atoms with Crippen LogP contribution in [0.25, 0.3) is 16.7 Å². The summed E-state index contributed by atoms with van der Waals surface area (Å²) in [5.74, 6) is 0. The summed E-state index contributed by atoms with van der Waals surface area (Å²) >= 11 is 3.53. The van der Waals surface area contributed by atoms with E-state index in [0.717, 1.165) is 34.3 Å². The Bertz CT molecular complexity index is 736. The normalized spacial score (nSPS) is 11.1. The summed E-state index contributed by atoms with van der Waals surface area (Å²) in [7, 11) is 0. The van der Waals surface area contributed by atoms with Gasteiger partial charge in [0.15, 0.2) is 0 Å². The van der Waals surface area contributed by atoms with Crippen LogP contribution in [0.1, 0.15) is 12.5 Å². The van der Waals surface area contributed by atoms with Crippen molar-refractivity contribution in [3.63, 3.8) is 0 Å². The lowest BCUT2D eigenvalue weighted by atomic mass is 10.1. The van der Waals surface area contributed by atoms with Gasteiger partial charge in [0, 0.05) is 11.0 Å². The highest BCUT2D eigenvalue weighted by Crippen LogP contribution is 2.23. The number of para-hydroxylation sites is 1. The summed E-state index contributed by atoms with van der Waals surface area (Å²) in [5.41, 5.74) is 4.17. The largest absolute Gasteiger partial charge is 0.313 e. The molecule has 0 aliphatic rings. The van der Waals surface area contributed by atoms with Gasteiger partial charge in [-0.05, 0) is 36.4 Å². The Hall–Kier alpha value is -1.72. The van der Waals surface area contributed by atoms with Gasteiger partial charge in [-0.1, -0.05) is 46.3 Å². The molecule has 2 aromatic carbocycles. The lowest BCUT2D eigenvalue weighted by Gasteiger charge is -2.11. The van der Waals surface area contributed by atoms with Gasteiger partial charge in [-0.3, -0.25) is 0 Å². The number of hydrogen-bond donors (Lipinski definition) is 1. The SMILES string of the molecule is CCNCc1ccc(Br)cc1-n1nnc2ccccc21. The summed E-state index contributed by atoms with van der Waals surface area (Å²) < 4.78 is 2.93. The topological polar surface area (TPSA) is 42.7 Å². The molecule has 0 aliphatic heterocycles. The first-order valence-electron chi connectivity index (χ1n) is 6.59. The van der Waals surface area contributed by atoms with Gasteiger partial charge < -0.3 is 5.32 Å². The van der Waals surface area contributed by atoms with Crippen molar-refractivity contribution in [1.29, 1.82) is 0 Å². The summed E-state index contributed by atoms with van der Waals surface area (Å²) in [5, 5.41) is 11.9. The van der Waals surface area contributed by atoms with Gasteiger partial charge in [-0.25, -0.2) is 4.68 Å². The third-order valence-electron chi connectivity index (χ3n) is 3.19. The van der Waals surface area contributed by atoms with E-state index < -0.39 is 0 Å². The molecule has 0 aliphatic carbocycles. The van der Waals surface area contributed by atoms with E-state index in [1.165, 1.54) is 5.56 Å². The molecule has 102 valence electrons. The number of rotatable bonds is 4. The van der Waals surface area contributed by atoms with Crippen molar-refractivity contribution in [3.8, 4) is 5.69 Å². The first-order valence-corrected chi connectivity index (χ1v) is 7.39. The Morgan fingerprint density at radius 3 is 2.90 bits per heavy atom. The van der Waals surface area contributed by atoms with E-state index in [2.05, 4.69) is 56.7 Å². The van der Waals surface area contributed by atoms with Crippen LogP contribution < -0.4 is 5.32 Å². The molecule has 1 N–H and O–H groups in total. The number of hydrogen-bond acceptors (Lipinski definition) is 3. The van der Waals surface area contributed by atoms with Crippen molar-refractivity contribution < 1.29 is 0 Å². The van der Waals surface area contributed by atoms with E-state index >= 15 is 0 Å². The van der Waals surface area contributed by atoms with Gasteiger partial charge >= 0.3 is 0 Å². The zero-order chi connectivity index (χ0) is 13.9. The lowest BCUT2D eigenvalue weighted by molar-refractivity contribution is 0.714. The molecule has 0 bridgehead atoms. The minimum Gasteiger partial charge on any atom is -0.313 e. The average molecular weight is 331 g/mol. The Morgan fingerprint density at radius 2 is 2.05 bits per heavy atom. The smallest absolute Gasteiger partial charge is 0.113 e. The predicted molar refractivity (Wildman–Crippen MR) is 83.9 cm³/mol. The highest BCUT2D eigenvalue weighted by Gasteiger charge is 2.10.